The van der Waals surface area contributed by atoms with E-state index in [1.807, 2.05) is 53.4 Å². The third kappa shape index (κ3) is 7.63. The van der Waals surface area contributed by atoms with E-state index in [1.165, 1.54) is 0 Å². The number of carboxylic acid groups (broad SMARTS) is 1. The molecule has 2 aromatic carbocycles. The van der Waals surface area contributed by atoms with Crippen molar-refractivity contribution in [2.45, 2.75) is 57.1 Å². The zero-order valence-corrected chi connectivity index (χ0v) is 19.6. The summed E-state index contributed by atoms with van der Waals surface area (Å²) in [6, 6.07) is 14.6. The van der Waals surface area contributed by atoms with Crippen molar-refractivity contribution >= 4 is 11.9 Å². The van der Waals surface area contributed by atoms with Crippen LogP contribution in [0.4, 0.5) is 0 Å². The van der Waals surface area contributed by atoms with Crippen LogP contribution in [-0.2, 0) is 9.59 Å². The molecule has 0 aromatic heterocycles. The fourth-order valence-electron chi connectivity index (χ4n) is 4.04. The minimum atomic E-state index is -0.812. The third-order valence-electron chi connectivity index (χ3n) is 5.92. The molecule has 0 saturated carbocycles. The van der Waals surface area contributed by atoms with Gasteiger partial charge in [0.1, 0.15) is 17.2 Å². The lowest BCUT2D eigenvalue weighted by Crippen LogP contribution is -2.32. The predicted octanol–water partition coefficient (Wildman–Crippen LogP) is 5.10. The summed E-state index contributed by atoms with van der Waals surface area (Å²) in [5.74, 6) is 1.40. The normalized spacial score (nSPS) is 16.7. The SMILES string of the molecule is COc1ccc(Oc2cccc([C@H](O)/C=C/C3CCC(=O)N3CCCCCCC(=O)O)c2)cc1. The van der Waals surface area contributed by atoms with Crippen molar-refractivity contribution in [2.75, 3.05) is 13.7 Å². The highest BCUT2D eigenvalue weighted by Crippen LogP contribution is 2.27. The van der Waals surface area contributed by atoms with Gasteiger partial charge < -0.3 is 24.6 Å². The van der Waals surface area contributed by atoms with Crippen molar-refractivity contribution < 1.29 is 29.3 Å². The Hall–Kier alpha value is -3.32. The second-order valence-electron chi connectivity index (χ2n) is 8.43. The zero-order chi connectivity index (χ0) is 24.3. The van der Waals surface area contributed by atoms with Crippen molar-refractivity contribution in [3.05, 3.63) is 66.2 Å². The van der Waals surface area contributed by atoms with Gasteiger partial charge >= 0.3 is 5.97 Å². The van der Waals surface area contributed by atoms with E-state index in [0.29, 0.717) is 36.4 Å². The van der Waals surface area contributed by atoms with Crippen LogP contribution < -0.4 is 9.47 Å². The summed E-state index contributed by atoms with van der Waals surface area (Å²) >= 11 is 0. The third-order valence-corrected chi connectivity index (χ3v) is 5.92. The molecular weight excluding hydrogens is 434 g/mol. The Morgan fingerprint density at radius 3 is 2.56 bits per heavy atom. The average molecular weight is 468 g/mol. The molecule has 2 aromatic rings. The first kappa shape index (κ1) is 25.3. The summed E-state index contributed by atoms with van der Waals surface area (Å²) in [7, 11) is 1.61. The van der Waals surface area contributed by atoms with Gasteiger partial charge in [-0.15, -0.1) is 0 Å². The maximum atomic E-state index is 12.3. The van der Waals surface area contributed by atoms with Gasteiger partial charge in [0.15, 0.2) is 0 Å². The number of rotatable bonds is 13. The molecule has 3 rings (SSSR count). The van der Waals surface area contributed by atoms with E-state index in [1.54, 1.807) is 19.3 Å². The molecule has 1 aliphatic heterocycles. The van der Waals surface area contributed by atoms with Gasteiger partial charge in [0.05, 0.1) is 19.3 Å². The second kappa shape index (κ2) is 12.8. The number of hydrogen-bond donors (Lipinski definition) is 2. The molecule has 2 N–H and O–H groups in total. The first-order valence-corrected chi connectivity index (χ1v) is 11.8. The number of hydrogen-bond acceptors (Lipinski definition) is 5. The van der Waals surface area contributed by atoms with Crippen LogP contribution in [0.2, 0.25) is 0 Å². The highest BCUT2D eigenvalue weighted by molar-refractivity contribution is 5.79. The number of amides is 1. The first-order valence-electron chi connectivity index (χ1n) is 11.8. The minimum Gasteiger partial charge on any atom is -0.497 e. The molecule has 1 fully saturated rings. The number of benzene rings is 2. The number of methoxy groups -OCH3 is 1. The largest absolute Gasteiger partial charge is 0.497 e. The van der Waals surface area contributed by atoms with Gasteiger partial charge in [-0.25, -0.2) is 0 Å². The second-order valence-corrected chi connectivity index (χ2v) is 8.43. The average Bonchev–Trinajstić information content (AvgIpc) is 3.19. The van der Waals surface area contributed by atoms with Gasteiger partial charge in [0.25, 0.3) is 0 Å². The van der Waals surface area contributed by atoms with Crippen LogP contribution in [0.1, 0.15) is 56.6 Å². The predicted molar refractivity (Wildman–Crippen MR) is 129 cm³/mol. The smallest absolute Gasteiger partial charge is 0.303 e. The molecule has 7 heteroatoms. The Labute approximate surface area is 200 Å². The molecule has 1 aliphatic rings. The van der Waals surface area contributed by atoms with Crippen LogP contribution in [0.3, 0.4) is 0 Å². The molecular formula is C27H33NO6. The van der Waals surface area contributed by atoms with E-state index in [0.717, 1.165) is 31.4 Å². The number of carbonyl (C=O) groups is 2. The maximum Gasteiger partial charge on any atom is 0.303 e. The lowest BCUT2D eigenvalue weighted by atomic mass is 10.1. The summed E-state index contributed by atoms with van der Waals surface area (Å²) in [5.41, 5.74) is 0.705. The lowest BCUT2D eigenvalue weighted by molar-refractivity contribution is -0.137. The molecule has 0 bridgehead atoms. The molecule has 0 spiro atoms. The molecule has 1 saturated heterocycles. The number of carboxylic acids is 1. The van der Waals surface area contributed by atoms with E-state index in [-0.39, 0.29) is 18.4 Å². The van der Waals surface area contributed by atoms with Crippen molar-refractivity contribution in [1.82, 2.24) is 4.90 Å². The molecule has 34 heavy (non-hydrogen) atoms. The fraction of sp³-hybridized carbons (Fsp3) is 0.407. The minimum absolute atomic E-state index is 0.0279. The molecule has 2 atom stereocenters. The van der Waals surface area contributed by atoms with Crippen molar-refractivity contribution in [1.29, 1.82) is 0 Å². The molecule has 1 heterocycles. The lowest BCUT2D eigenvalue weighted by Gasteiger charge is -2.22. The van der Waals surface area contributed by atoms with Gasteiger partial charge in [-0.3, -0.25) is 9.59 Å². The molecule has 1 unspecified atom stereocenters. The van der Waals surface area contributed by atoms with Gasteiger partial charge in [-0.1, -0.05) is 37.1 Å². The topological polar surface area (TPSA) is 96.3 Å². The number of ether oxygens (including phenoxy) is 2. The van der Waals surface area contributed by atoms with E-state index in [4.69, 9.17) is 14.6 Å². The Balaban J connectivity index is 1.53. The summed E-state index contributed by atoms with van der Waals surface area (Å²) in [4.78, 5) is 24.7. The van der Waals surface area contributed by atoms with E-state index in [2.05, 4.69) is 0 Å². The molecule has 182 valence electrons. The van der Waals surface area contributed by atoms with Gasteiger partial charge in [-0.05, 0) is 61.2 Å². The van der Waals surface area contributed by atoms with E-state index < -0.39 is 12.1 Å². The van der Waals surface area contributed by atoms with Crippen LogP contribution in [-0.4, -0.2) is 46.7 Å². The number of aliphatic carboxylic acids is 1. The Bertz CT molecular complexity index is 971. The maximum absolute atomic E-state index is 12.3. The van der Waals surface area contributed by atoms with Crippen LogP contribution in [0, 0.1) is 0 Å². The van der Waals surface area contributed by atoms with Crippen LogP contribution >= 0.6 is 0 Å². The summed E-state index contributed by atoms with van der Waals surface area (Å²) in [6.07, 6.45) is 7.54. The monoisotopic (exact) mass is 467 g/mol. The Morgan fingerprint density at radius 1 is 1.09 bits per heavy atom. The molecule has 1 amide bonds. The molecule has 7 nitrogen and oxygen atoms in total. The van der Waals surface area contributed by atoms with Crippen LogP contribution in [0.15, 0.2) is 60.7 Å². The number of nitrogens with zero attached hydrogens (tertiary/aromatic N) is 1. The van der Waals surface area contributed by atoms with Crippen LogP contribution in [0.5, 0.6) is 17.2 Å². The number of carbonyl (C=O) groups excluding carboxylic acids is 1. The van der Waals surface area contributed by atoms with Crippen LogP contribution in [0.25, 0.3) is 0 Å². The quantitative estimate of drug-likeness (QED) is 0.314. The highest BCUT2D eigenvalue weighted by Gasteiger charge is 2.28. The van der Waals surface area contributed by atoms with Gasteiger partial charge in [0, 0.05) is 19.4 Å². The summed E-state index contributed by atoms with van der Waals surface area (Å²) in [6.45, 7) is 0.655. The molecule has 0 radical (unpaired) electrons. The summed E-state index contributed by atoms with van der Waals surface area (Å²) in [5, 5.41) is 19.4. The fourth-order valence-corrected chi connectivity index (χ4v) is 4.04. The van der Waals surface area contributed by atoms with E-state index >= 15 is 0 Å². The number of aliphatic hydroxyl groups is 1. The van der Waals surface area contributed by atoms with Gasteiger partial charge in [0.2, 0.25) is 5.91 Å². The van der Waals surface area contributed by atoms with Crippen molar-refractivity contribution in [3.63, 3.8) is 0 Å². The van der Waals surface area contributed by atoms with Gasteiger partial charge in [-0.2, -0.15) is 0 Å². The summed E-state index contributed by atoms with van der Waals surface area (Å²) < 4.78 is 11.0. The molecule has 0 aliphatic carbocycles. The Morgan fingerprint density at radius 2 is 1.82 bits per heavy atom. The number of likely N-dealkylation sites (tertiary alicyclic amines) is 1. The van der Waals surface area contributed by atoms with Crippen molar-refractivity contribution in [3.8, 4) is 17.2 Å². The standard InChI is InChI=1S/C27H33NO6/c1-33-22-12-14-23(15-13-22)34-24-8-6-7-20(19-24)25(29)16-10-21-11-17-26(30)28(21)18-5-3-2-4-9-27(31)32/h6-8,10,12-16,19,21,25,29H,2-5,9,11,17-18H2,1H3,(H,31,32)/b16-10+/t21?,25-/m1/s1. The number of unbranched alkanes of at least 4 members (excludes halogenated alkanes) is 3. The highest BCUT2D eigenvalue weighted by atomic mass is 16.5. The Kier molecular flexibility index (Phi) is 9.52. The first-order chi connectivity index (χ1) is 16.5. The van der Waals surface area contributed by atoms with Crippen molar-refractivity contribution in [2.24, 2.45) is 0 Å². The number of aliphatic hydroxyl groups excluding tert-OH is 1. The zero-order valence-electron chi connectivity index (χ0n) is 19.6. The van der Waals surface area contributed by atoms with E-state index in [9.17, 15) is 14.7 Å².